The molecule has 3 rings (SSSR count). The number of aryl methyl sites for hydroxylation is 1. The summed E-state index contributed by atoms with van der Waals surface area (Å²) in [5.41, 5.74) is 1.93. The number of nitrogens with zero attached hydrogens (tertiary/aromatic N) is 2. The van der Waals surface area contributed by atoms with E-state index in [2.05, 4.69) is 11.4 Å². The van der Waals surface area contributed by atoms with E-state index in [1.165, 1.54) is 28.3 Å². The highest BCUT2D eigenvalue weighted by Gasteiger charge is 2.21. The zero-order valence-electron chi connectivity index (χ0n) is 14.9. The van der Waals surface area contributed by atoms with E-state index in [4.69, 9.17) is 4.74 Å². The molecule has 8 heteroatoms. The smallest absolute Gasteiger partial charge is 0.276 e. The molecular weight excluding hydrogens is 366 g/mol. The second-order valence-corrected chi connectivity index (χ2v) is 7.48. The van der Waals surface area contributed by atoms with Crippen LogP contribution in [0.15, 0.2) is 18.2 Å². The number of carbonyl (C=O) groups is 1. The lowest BCUT2D eigenvalue weighted by molar-refractivity contribution is -0.385. The molecule has 0 radical (unpaired) electrons. The van der Waals surface area contributed by atoms with Crippen molar-refractivity contribution in [2.75, 3.05) is 11.9 Å². The Kier molecular flexibility index (Phi) is 5.72. The first-order valence-electron chi connectivity index (χ1n) is 8.72. The van der Waals surface area contributed by atoms with E-state index in [0.717, 1.165) is 37.7 Å². The number of nitro groups is 1. The van der Waals surface area contributed by atoms with Crippen LogP contribution >= 0.6 is 11.3 Å². The molecule has 7 nitrogen and oxygen atoms in total. The third-order valence-electron chi connectivity index (χ3n) is 4.60. The summed E-state index contributed by atoms with van der Waals surface area (Å²) in [5.74, 6) is -0.101. The number of amides is 1. The molecule has 140 valence electrons. The van der Waals surface area contributed by atoms with Crippen LogP contribution in [-0.4, -0.2) is 17.4 Å². The molecule has 1 heterocycles. The zero-order valence-corrected chi connectivity index (χ0v) is 15.7. The topological polar surface area (TPSA) is 105 Å². The van der Waals surface area contributed by atoms with Gasteiger partial charge in [0.05, 0.1) is 16.1 Å². The number of nitrogens with one attached hydrogen (secondary N) is 1. The highest BCUT2D eigenvalue weighted by Crippen LogP contribution is 2.37. The lowest BCUT2D eigenvalue weighted by Gasteiger charge is -2.09. The maximum atomic E-state index is 12.3. The fourth-order valence-electron chi connectivity index (χ4n) is 3.21. The van der Waals surface area contributed by atoms with Gasteiger partial charge in [-0.05, 0) is 44.2 Å². The van der Waals surface area contributed by atoms with Crippen LogP contribution in [0.5, 0.6) is 5.75 Å². The molecule has 2 aromatic rings. The fraction of sp³-hybridized carbons (Fsp3) is 0.368. The minimum absolute atomic E-state index is 0.0540. The number of rotatable bonds is 5. The number of anilines is 1. The second kappa shape index (κ2) is 8.18. The summed E-state index contributed by atoms with van der Waals surface area (Å²) in [6.45, 7) is 1.30. The monoisotopic (exact) mass is 385 g/mol. The molecule has 1 amide bonds. The van der Waals surface area contributed by atoms with Crippen LogP contribution in [0.1, 0.15) is 40.8 Å². The van der Waals surface area contributed by atoms with Gasteiger partial charge in [0.25, 0.3) is 11.6 Å². The molecule has 1 aliphatic carbocycles. The summed E-state index contributed by atoms with van der Waals surface area (Å²) in [4.78, 5) is 24.0. The highest BCUT2D eigenvalue weighted by atomic mass is 32.1. The molecule has 27 heavy (non-hydrogen) atoms. The summed E-state index contributed by atoms with van der Waals surface area (Å²) < 4.78 is 5.46. The van der Waals surface area contributed by atoms with Crippen LogP contribution in [-0.2, 0) is 17.6 Å². The van der Waals surface area contributed by atoms with Gasteiger partial charge in [-0.15, -0.1) is 11.3 Å². The van der Waals surface area contributed by atoms with E-state index in [1.54, 1.807) is 13.0 Å². The number of hydrogen-bond acceptors (Lipinski definition) is 6. The Balaban J connectivity index is 1.70. The van der Waals surface area contributed by atoms with Gasteiger partial charge in [-0.1, -0.05) is 12.5 Å². The van der Waals surface area contributed by atoms with Crippen LogP contribution < -0.4 is 10.1 Å². The number of hydrogen-bond donors (Lipinski definition) is 1. The van der Waals surface area contributed by atoms with E-state index in [0.29, 0.717) is 21.9 Å². The number of thiophene rings is 1. The first kappa shape index (κ1) is 18.9. The first-order chi connectivity index (χ1) is 13.0. The third kappa shape index (κ3) is 4.09. The molecule has 0 spiro atoms. The Bertz CT molecular complexity index is 930. The summed E-state index contributed by atoms with van der Waals surface area (Å²) in [5, 5.41) is 23.8. The van der Waals surface area contributed by atoms with Gasteiger partial charge in [-0.25, -0.2) is 0 Å². The quantitative estimate of drug-likeness (QED) is 0.473. The Morgan fingerprint density at radius 1 is 1.37 bits per heavy atom. The molecule has 0 unspecified atom stereocenters. The van der Waals surface area contributed by atoms with Gasteiger partial charge in [0.2, 0.25) is 0 Å². The summed E-state index contributed by atoms with van der Waals surface area (Å²) >= 11 is 1.46. The van der Waals surface area contributed by atoms with Crippen molar-refractivity contribution < 1.29 is 14.5 Å². The van der Waals surface area contributed by atoms with Gasteiger partial charge in [0, 0.05) is 10.9 Å². The number of benzene rings is 1. The molecule has 1 aromatic carbocycles. The molecule has 0 saturated carbocycles. The minimum Gasteiger partial charge on any atom is -0.483 e. The molecule has 1 aliphatic rings. The minimum atomic E-state index is -0.486. The van der Waals surface area contributed by atoms with E-state index in [-0.39, 0.29) is 12.3 Å². The number of carbonyl (C=O) groups excluding carboxylic acids is 1. The predicted molar refractivity (Wildman–Crippen MR) is 102 cm³/mol. The zero-order chi connectivity index (χ0) is 19.4. The van der Waals surface area contributed by atoms with E-state index >= 15 is 0 Å². The number of nitriles is 1. The summed E-state index contributed by atoms with van der Waals surface area (Å²) in [6.07, 6.45) is 5.12. The summed E-state index contributed by atoms with van der Waals surface area (Å²) in [6, 6.07) is 6.71. The largest absolute Gasteiger partial charge is 0.483 e. The average Bonchev–Trinajstić information content (AvgIpc) is 2.80. The van der Waals surface area contributed by atoms with Crippen molar-refractivity contribution in [2.24, 2.45) is 0 Å². The predicted octanol–water partition coefficient (Wildman–Crippen LogP) is 4.12. The second-order valence-electron chi connectivity index (χ2n) is 6.37. The van der Waals surface area contributed by atoms with Crippen molar-refractivity contribution in [3.05, 3.63) is 49.9 Å². The van der Waals surface area contributed by atoms with Crippen LogP contribution in [0, 0.1) is 28.4 Å². The Morgan fingerprint density at radius 3 is 2.89 bits per heavy atom. The Morgan fingerprint density at radius 2 is 2.15 bits per heavy atom. The van der Waals surface area contributed by atoms with Crippen LogP contribution in [0.2, 0.25) is 0 Å². The van der Waals surface area contributed by atoms with Crippen molar-refractivity contribution in [1.82, 2.24) is 0 Å². The normalized spacial score (nSPS) is 13.2. The van der Waals surface area contributed by atoms with E-state index < -0.39 is 10.8 Å². The molecule has 0 fully saturated rings. The average molecular weight is 385 g/mol. The maximum absolute atomic E-state index is 12.3. The molecular formula is C19H19N3O4S. The van der Waals surface area contributed by atoms with Gasteiger partial charge in [-0.3, -0.25) is 14.9 Å². The molecule has 0 saturated heterocycles. The Labute approximate surface area is 160 Å². The lowest BCUT2D eigenvalue weighted by atomic mass is 10.1. The molecule has 1 N–H and O–H groups in total. The van der Waals surface area contributed by atoms with Gasteiger partial charge < -0.3 is 10.1 Å². The molecule has 1 aromatic heterocycles. The van der Waals surface area contributed by atoms with E-state index in [9.17, 15) is 20.2 Å². The van der Waals surface area contributed by atoms with Crippen molar-refractivity contribution in [2.45, 2.75) is 39.0 Å². The standard InChI is InChI=1S/C19H19N3O4S/c1-12-15(22(24)25)7-5-8-16(12)26-11-18(23)21-19-14(10-20)13-6-3-2-4-9-17(13)27-19/h5,7-8H,2-4,6,9,11H2,1H3,(H,21,23). The van der Waals surface area contributed by atoms with Gasteiger partial charge in [0.1, 0.15) is 16.8 Å². The van der Waals surface area contributed by atoms with Crippen molar-refractivity contribution >= 4 is 27.9 Å². The SMILES string of the molecule is Cc1c(OCC(=O)Nc2sc3c(c2C#N)CCCCC3)cccc1[N+](=O)[O-]. The number of fused-ring (bicyclic) bond motifs is 1. The van der Waals surface area contributed by atoms with Gasteiger partial charge in [-0.2, -0.15) is 5.26 Å². The molecule has 0 atom stereocenters. The van der Waals surface area contributed by atoms with Crippen molar-refractivity contribution in [1.29, 1.82) is 5.26 Å². The maximum Gasteiger partial charge on any atom is 0.276 e. The highest BCUT2D eigenvalue weighted by molar-refractivity contribution is 7.16. The van der Waals surface area contributed by atoms with E-state index in [1.807, 2.05) is 0 Å². The van der Waals surface area contributed by atoms with Crippen LogP contribution in [0.25, 0.3) is 0 Å². The Hall–Kier alpha value is -2.92. The van der Waals surface area contributed by atoms with Crippen molar-refractivity contribution in [3.63, 3.8) is 0 Å². The molecule has 0 bridgehead atoms. The number of ether oxygens (including phenoxy) is 1. The van der Waals surface area contributed by atoms with Crippen LogP contribution in [0.3, 0.4) is 0 Å². The summed E-state index contributed by atoms with van der Waals surface area (Å²) in [7, 11) is 0. The first-order valence-corrected chi connectivity index (χ1v) is 9.54. The lowest BCUT2D eigenvalue weighted by Crippen LogP contribution is -2.20. The van der Waals surface area contributed by atoms with Gasteiger partial charge in [0.15, 0.2) is 6.61 Å². The molecule has 0 aliphatic heterocycles. The van der Waals surface area contributed by atoms with Gasteiger partial charge >= 0.3 is 0 Å². The van der Waals surface area contributed by atoms with Crippen LogP contribution in [0.4, 0.5) is 10.7 Å². The third-order valence-corrected chi connectivity index (χ3v) is 5.80. The van der Waals surface area contributed by atoms with Crippen molar-refractivity contribution in [3.8, 4) is 11.8 Å². The fourth-order valence-corrected chi connectivity index (χ4v) is 4.47. The number of nitro benzene ring substituents is 1.